The standard InChI is InChI=1S/C32H52N2O6/c1-16(2)23(40-27(34)37)18-14-17(3)22-24(38-18)25(35)30(7)20-9-8-19-28(4,5)21(39-26(33)36)10-11-31(19)15-32(20,31)13-12-29(22,30)6/h16-25,35H,8-15H2,1-7H3,(H2,33,36)(H2,34,37)/t17-,18?,19+,20?,21?,22+,23?,24?,25+,29?,30-,31?,32?/m1/s1. The van der Waals surface area contributed by atoms with Gasteiger partial charge in [0.05, 0.1) is 18.3 Å². The number of hydrogen-bond acceptors (Lipinski definition) is 6. The van der Waals surface area contributed by atoms with Gasteiger partial charge < -0.3 is 30.8 Å². The Balaban J connectivity index is 1.32. The van der Waals surface area contributed by atoms with Gasteiger partial charge in [0.15, 0.2) is 0 Å². The summed E-state index contributed by atoms with van der Waals surface area (Å²) in [6.45, 7) is 15.7. The molecular weight excluding hydrogens is 508 g/mol. The molecule has 0 bridgehead atoms. The highest BCUT2D eigenvalue weighted by atomic mass is 16.6. The molecule has 5 aliphatic carbocycles. The maximum atomic E-state index is 12.4. The maximum Gasteiger partial charge on any atom is 0.404 e. The fourth-order valence-corrected chi connectivity index (χ4v) is 12.7. The molecule has 0 aromatic rings. The molecule has 6 rings (SSSR count). The smallest absolute Gasteiger partial charge is 0.404 e. The van der Waals surface area contributed by atoms with Crippen LogP contribution in [0.3, 0.4) is 0 Å². The number of ether oxygens (including phenoxy) is 3. The summed E-state index contributed by atoms with van der Waals surface area (Å²) in [6.07, 6.45) is 5.29. The van der Waals surface area contributed by atoms with Gasteiger partial charge in [0.25, 0.3) is 0 Å². The molecule has 6 aliphatic rings. The Morgan fingerprint density at radius 2 is 1.60 bits per heavy atom. The predicted octanol–water partition coefficient (Wildman–Crippen LogP) is 5.38. The van der Waals surface area contributed by atoms with Crippen molar-refractivity contribution in [3.8, 4) is 0 Å². The average Bonchev–Trinajstić information content (AvgIpc) is 3.48. The zero-order chi connectivity index (χ0) is 29.2. The Labute approximate surface area is 239 Å². The second-order valence-electron chi connectivity index (χ2n) is 16.1. The maximum absolute atomic E-state index is 12.4. The summed E-state index contributed by atoms with van der Waals surface area (Å²) in [5.74, 6) is 1.57. The summed E-state index contributed by atoms with van der Waals surface area (Å²) < 4.78 is 18.0. The van der Waals surface area contributed by atoms with E-state index in [4.69, 9.17) is 25.7 Å². The number of carbonyl (C=O) groups is 2. The van der Waals surface area contributed by atoms with Crippen molar-refractivity contribution >= 4 is 12.2 Å². The highest BCUT2D eigenvalue weighted by Gasteiger charge is 2.84. The van der Waals surface area contributed by atoms with Crippen LogP contribution in [0.2, 0.25) is 0 Å². The molecule has 1 saturated heterocycles. The van der Waals surface area contributed by atoms with Gasteiger partial charge in [-0.25, -0.2) is 9.59 Å². The van der Waals surface area contributed by atoms with E-state index in [-0.39, 0.29) is 57.2 Å². The molecule has 6 fully saturated rings. The topological polar surface area (TPSA) is 134 Å². The van der Waals surface area contributed by atoms with E-state index in [9.17, 15) is 14.7 Å². The highest BCUT2D eigenvalue weighted by Crippen LogP contribution is 2.89. The molecule has 226 valence electrons. The van der Waals surface area contributed by atoms with Crippen molar-refractivity contribution in [3.05, 3.63) is 0 Å². The normalized spacial score (nSPS) is 52.7. The van der Waals surface area contributed by atoms with Crippen LogP contribution in [0.1, 0.15) is 99.8 Å². The minimum atomic E-state index is -0.770. The van der Waals surface area contributed by atoms with Crippen LogP contribution in [0.25, 0.3) is 0 Å². The Bertz CT molecular complexity index is 1080. The minimum Gasteiger partial charge on any atom is -0.446 e. The summed E-state index contributed by atoms with van der Waals surface area (Å²) in [5, 5.41) is 12.4. The van der Waals surface area contributed by atoms with Gasteiger partial charge in [0.1, 0.15) is 12.2 Å². The van der Waals surface area contributed by atoms with E-state index < -0.39 is 24.4 Å². The largest absolute Gasteiger partial charge is 0.446 e. The molecule has 1 heterocycles. The van der Waals surface area contributed by atoms with Crippen molar-refractivity contribution in [3.63, 3.8) is 0 Å². The van der Waals surface area contributed by atoms with Crippen molar-refractivity contribution < 1.29 is 28.9 Å². The van der Waals surface area contributed by atoms with Gasteiger partial charge >= 0.3 is 12.2 Å². The van der Waals surface area contributed by atoms with E-state index in [1.807, 2.05) is 13.8 Å². The van der Waals surface area contributed by atoms with Crippen molar-refractivity contribution in [1.82, 2.24) is 0 Å². The second kappa shape index (κ2) is 8.75. The van der Waals surface area contributed by atoms with Gasteiger partial charge in [-0.15, -0.1) is 0 Å². The zero-order valence-electron chi connectivity index (χ0n) is 25.6. The first-order valence-electron chi connectivity index (χ1n) is 15.8. The summed E-state index contributed by atoms with van der Waals surface area (Å²) >= 11 is 0. The molecule has 5 saturated carbocycles. The lowest BCUT2D eigenvalue weighted by molar-refractivity contribution is -0.184. The molecule has 2 spiro atoms. The highest BCUT2D eigenvalue weighted by molar-refractivity contribution is 5.65. The number of hydrogen-bond donors (Lipinski definition) is 3. The molecule has 0 radical (unpaired) electrons. The molecule has 13 atom stereocenters. The van der Waals surface area contributed by atoms with Gasteiger partial charge in [0.2, 0.25) is 0 Å². The fraction of sp³-hybridized carbons (Fsp3) is 0.938. The average molecular weight is 561 g/mol. The number of aliphatic hydroxyl groups excluding tert-OH is 1. The number of rotatable bonds is 4. The predicted molar refractivity (Wildman–Crippen MR) is 150 cm³/mol. The van der Waals surface area contributed by atoms with Crippen LogP contribution in [0.5, 0.6) is 0 Å². The number of amides is 2. The molecule has 5 N–H and O–H groups in total. The van der Waals surface area contributed by atoms with Crippen molar-refractivity contribution in [2.24, 2.45) is 68.1 Å². The first kappa shape index (κ1) is 28.6. The SMILES string of the molecule is CC(C)C(OC(N)=O)C1C[C@@H](C)[C@H]2C(O1)[C@H](O)[C@@]1(C)C3CC[C@H]4C(C)(C)C(OC(N)=O)CCC45CC35CCC21C. The quantitative estimate of drug-likeness (QED) is 0.422. The summed E-state index contributed by atoms with van der Waals surface area (Å²) in [6, 6.07) is 0. The Morgan fingerprint density at radius 1 is 0.950 bits per heavy atom. The first-order valence-corrected chi connectivity index (χ1v) is 15.8. The van der Waals surface area contributed by atoms with E-state index in [2.05, 4.69) is 34.6 Å². The lowest BCUT2D eigenvalue weighted by Crippen LogP contribution is -2.60. The summed E-state index contributed by atoms with van der Waals surface area (Å²) in [4.78, 5) is 23.4. The third kappa shape index (κ3) is 3.38. The monoisotopic (exact) mass is 560 g/mol. The zero-order valence-corrected chi connectivity index (χ0v) is 25.6. The van der Waals surface area contributed by atoms with Gasteiger partial charge in [-0.2, -0.15) is 0 Å². The molecule has 0 aromatic heterocycles. The third-order valence-corrected chi connectivity index (χ3v) is 14.3. The van der Waals surface area contributed by atoms with Crippen LogP contribution >= 0.6 is 0 Å². The first-order chi connectivity index (χ1) is 18.6. The van der Waals surface area contributed by atoms with Crippen molar-refractivity contribution in [2.75, 3.05) is 0 Å². The van der Waals surface area contributed by atoms with Crippen LogP contribution in [0.15, 0.2) is 0 Å². The minimum absolute atomic E-state index is 0.0341. The number of nitrogens with two attached hydrogens (primary N) is 2. The number of aliphatic hydroxyl groups is 1. The molecule has 8 unspecified atom stereocenters. The fourth-order valence-electron chi connectivity index (χ4n) is 12.7. The molecule has 8 heteroatoms. The Kier molecular flexibility index (Phi) is 6.25. The molecule has 40 heavy (non-hydrogen) atoms. The second-order valence-corrected chi connectivity index (χ2v) is 16.1. The number of primary amides is 2. The van der Waals surface area contributed by atoms with Crippen LogP contribution in [-0.2, 0) is 14.2 Å². The Hall–Kier alpha value is -1.54. The molecule has 8 nitrogen and oxygen atoms in total. The summed E-state index contributed by atoms with van der Waals surface area (Å²) in [7, 11) is 0. The van der Waals surface area contributed by atoms with Crippen LogP contribution in [-0.4, -0.2) is 47.8 Å². The van der Waals surface area contributed by atoms with E-state index in [1.165, 1.54) is 12.8 Å². The Morgan fingerprint density at radius 3 is 2.23 bits per heavy atom. The molecular formula is C32H52N2O6. The van der Waals surface area contributed by atoms with E-state index >= 15 is 0 Å². The van der Waals surface area contributed by atoms with Crippen LogP contribution in [0.4, 0.5) is 9.59 Å². The van der Waals surface area contributed by atoms with Crippen LogP contribution < -0.4 is 11.5 Å². The lowest BCUT2D eigenvalue weighted by atomic mass is 9.41. The van der Waals surface area contributed by atoms with E-state index in [0.29, 0.717) is 17.8 Å². The molecule has 2 amide bonds. The van der Waals surface area contributed by atoms with E-state index in [0.717, 1.165) is 38.5 Å². The van der Waals surface area contributed by atoms with Crippen molar-refractivity contribution in [2.45, 2.75) is 130 Å². The summed E-state index contributed by atoms with van der Waals surface area (Å²) in [5.41, 5.74) is 11.0. The van der Waals surface area contributed by atoms with E-state index in [1.54, 1.807) is 0 Å². The number of fused-ring (bicyclic) bond motifs is 4. The lowest BCUT2D eigenvalue weighted by Gasteiger charge is -2.63. The third-order valence-electron chi connectivity index (χ3n) is 14.3. The molecule has 0 aromatic carbocycles. The van der Waals surface area contributed by atoms with Crippen molar-refractivity contribution in [1.29, 1.82) is 0 Å². The van der Waals surface area contributed by atoms with Gasteiger partial charge in [-0.1, -0.05) is 48.5 Å². The van der Waals surface area contributed by atoms with Crippen LogP contribution in [0, 0.1) is 56.7 Å². The number of carbonyl (C=O) groups excluding carboxylic acids is 2. The van der Waals surface area contributed by atoms with Gasteiger partial charge in [-0.05, 0) is 97.2 Å². The molecule has 1 aliphatic heterocycles. The van der Waals surface area contributed by atoms with Gasteiger partial charge in [0, 0.05) is 10.8 Å². The van der Waals surface area contributed by atoms with Gasteiger partial charge in [-0.3, -0.25) is 0 Å².